The minimum absolute atomic E-state index is 0.00971. The van der Waals surface area contributed by atoms with Gasteiger partial charge in [-0.15, -0.1) is 0 Å². The van der Waals surface area contributed by atoms with Crippen LogP contribution in [0.3, 0.4) is 0 Å². The number of rotatable bonds is 46. The largest absolute Gasteiger partial charge is 0.497 e. The number of aliphatic hydroxyl groups excluding tert-OH is 1. The molecule has 4 saturated heterocycles. The van der Waals surface area contributed by atoms with Crippen molar-refractivity contribution in [2.45, 2.75) is 222 Å². The Morgan fingerprint density at radius 1 is 0.369 bits per heavy atom. The van der Waals surface area contributed by atoms with Crippen molar-refractivity contribution in [1.29, 1.82) is 0 Å². The van der Waals surface area contributed by atoms with E-state index in [1.165, 1.54) is 12.3 Å². The molecule has 8 aromatic carbocycles. The summed E-state index contributed by atoms with van der Waals surface area (Å²) >= 11 is 0. The summed E-state index contributed by atoms with van der Waals surface area (Å²) in [4.78, 5) is 193. The summed E-state index contributed by atoms with van der Waals surface area (Å²) in [5.41, 5.74) is 4.46. The van der Waals surface area contributed by atoms with Crippen LogP contribution in [0, 0.1) is 21.7 Å². The molecule has 11 atom stereocenters. The molecule has 1 aromatic heterocycles. The highest BCUT2D eigenvalue weighted by Gasteiger charge is 2.53. The van der Waals surface area contributed by atoms with Gasteiger partial charge in [0.1, 0.15) is 70.5 Å². The van der Waals surface area contributed by atoms with E-state index in [-0.39, 0.29) is 85.8 Å². The van der Waals surface area contributed by atoms with Gasteiger partial charge in [0.2, 0.25) is 59.1 Å². The molecule has 34 heteroatoms. The quantitative estimate of drug-likeness (QED) is 0.0160. The number of carbonyl (C=O) groups excluding carboxylic acids is 14. The second-order valence-electron chi connectivity index (χ2n) is 40.8. The maximum atomic E-state index is 13.8. The summed E-state index contributed by atoms with van der Waals surface area (Å²) in [7, 11) is 6.31. The Balaban J connectivity index is 0.000000157. The topological polar surface area (TPSA) is 467 Å². The van der Waals surface area contributed by atoms with Gasteiger partial charge in [-0.2, -0.15) is 0 Å². The number of nitrogens with one attached hydrogen (secondary N) is 11. The standard InChI is InChI=1S/C32H37N5O5.C29H37N3O5.2C27H31N3O5/c1-32(13-14-32)28(38)26(20-22-6-4-3-5-7-22)34-30(40)27(21-23-8-10-24(41-2)11-9-23)35-29(39)25-12-15-33-31(36-25)37-16-18-42-19-17-37;1-28(14-15-28)25(34)23(17-20-7-4-3-5-8-20)31-26(35)24(18-21-9-11-22(37-2)12-10-21)32-27(36)29(19-33)13-6-16-30-29;2*1-27(12-13-27)24(32)20(14-17-6-4-3-5-7-17)29-25(33)21(30-26(34)22-16-23(31)28-22)15-18-8-10-19(35-2)11-9-18/h3-12,15,26-27H,13-14,16-21H2,1-2H3,(H,34,40)(H,35,39);3-5,7-12,23-24,30,33H,6,13-19H2,1-2H3,(H,31,35)(H,32,36);2*3-11,20-22H,12-16H2,1-2H3,(H,28,31)(H,29,33)(H,30,34)/t26-,27-;23-,24-,29-;20-,21-,22+;20-,21-,22-/m0000/s1. The molecule has 149 heavy (non-hydrogen) atoms. The van der Waals surface area contributed by atoms with Crippen molar-refractivity contribution >= 4 is 88.2 Å². The average Bonchev–Trinajstić information content (AvgIpc) is 1.65. The van der Waals surface area contributed by atoms with E-state index < -0.39 is 135 Å². The van der Waals surface area contributed by atoms with Crippen molar-refractivity contribution in [2.75, 3.05) is 72.8 Å². The smallest absolute Gasteiger partial charge is 0.270 e. The summed E-state index contributed by atoms with van der Waals surface area (Å²) in [5, 5.41) is 41.3. The van der Waals surface area contributed by atoms with Gasteiger partial charge in [-0.05, 0) is 196 Å². The number of benzene rings is 8. The fourth-order valence-corrected chi connectivity index (χ4v) is 18.3. The lowest BCUT2D eigenvalue weighted by Crippen LogP contribution is -2.61. The van der Waals surface area contributed by atoms with Gasteiger partial charge in [-0.1, -0.05) is 198 Å². The van der Waals surface area contributed by atoms with Gasteiger partial charge in [-0.3, -0.25) is 67.1 Å². The first-order chi connectivity index (χ1) is 71.7. The molecule has 0 unspecified atom stereocenters. The van der Waals surface area contributed by atoms with Crippen LogP contribution in [0.4, 0.5) is 5.95 Å². The fourth-order valence-electron chi connectivity index (χ4n) is 18.3. The lowest BCUT2D eigenvalue weighted by molar-refractivity contribution is -0.139. The number of amides is 10. The number of hydrogen-bond acceptors (Lipinski definition) is 24. The molecule has 0 radical (unpaired) electrons. The summed E-state index contributed by atoms with van der Waals surface area (Å²) < 4.78 is 26.3. The minimum Gasteiger partial charge on any atom is -0.497 e. The molecule has 0 spiro atoms. The molecule has 12 N–H and O–H groups in total. The Hall–Kier alpha value is -14.9. The zero-order valence-corrected chi connectivity index (χ0v) is 85.6. The first-order valence-electron chi connectivity index (χ1n) is 51.1. The molecular formula is C115H136N14O20. The van der Waals surface area contributed by atoms with Gasteiger partial charge in [-0.25, -0.2) is 9.97 Å². The van der Waals surface area contributed by atoms with Gasteiger partial charge in [0.25, 0.3) is 5.91 Å². The van der Waals surface area contributed by atoms with E-state index in [1.54, 1.807) is 77.0 Å². The molecule has 10 amide bonds. The Morgan fingerprint density at radius 3 is 0.906 bits per heavy atom. The van der Waals surface area contributed by atoms with Crippen molar-refractivity contribution in [1.82, 2.24) is 68.5 Å². The number of aliphatic hydroxyl groups is 1. The average molecular weight is 2030 g/mol. The van der Waals surface area contributed by atoms with Gasteiger partial charge in [0.05, 0.1) is 85.3 Å². The van der Waals surface area contributed by atoms with Crippen molar-refractivity contribution in [3.8, 4) is 23.0 Å². The van der Waals surface area contributed by atoms with Crippen molar-refractivity contribution in [2.24, 2.45) is 21.7 Å². The Morgan fingerprint density at radius 2 is 0.644 bits per heavy atom. The fraction of sp³-hybridized carbons (Fsp3) is 0.426. The maximum Gasteiger partial charge on any atom is 0.270 e. The van der Waals surface area contributed by atoms with Gasteiger partial charge >= 0.3 is 0 Å². The highest BCUT2D eigenvalue weighted by Crippen LogP contribution is 2.50. The van der Waals surface area contributed by atoms with E-state index in [0.717, 1.165) is 102 Å². The number of carbonyl (C=O) groups is 14. The van der Waals surface area contributed by atoms with Crippen LogP contribution < -0.4 is 82.3 Å². The molecule has 17 rings (SSSR count). The first kappa shape index (κ1) is 110. The predicted molar refractivity (Wildman–Crippen MR) is 557 cm³/mol. The number of methoxy groups -OCH3 is 4. The zero-order chi connectivity index (χ0) is 106. The highest BCUT2D eigenvalue weighted by molar-refractivity contribution is 6.04. The van der Waals surface area contributed by atoms with Gasteiger partial charge in [0, 0.05) is 66.6 Å². The third-order valence-corrected chi connectivity index (χ3v) is 29.1. The Labute approximate surface area is 868 Å². The minimum atomic E-state index is -1.11. The van der Waals surface area contributed by atoms with E-state index in [1.807, 2.05) is 202 Å². The van der Waals surface area contributed by atoms with Crippen LogP contribution in [0.15, 0.2) is 231 Å². The van der Waals surface area contributed by atoms with Crippen molar-refractivity contribution in [3.05, 3.63) is 281 Å². The normalized spacial score (nSPS) is 19.2. The molecule has 8 aliphatic rings. The van der Waals surface area contributed by atoms with Crippen LogP contribution in [0.5, 0.6) is 23.0 Å². The highest BCUT2D eigenvalue weighted by atomic mass is 16.5. The monoisotopic (exact) mass is 2030 g/mol. The number of aromatic nitrogens is 2. The third-order valence-electron chi connectivity index (χ3n) is 29.1. The first-order valence-corrected chi connectivity index (χ1v) is 51.1. The number of β-lactam (4-membered cyclic amide) rings is 2. The lowest BCUT2D eigenvalue weighted by atomic mass is 9.91. The Kier molecular flexibility index (Phi) is 37.3. The number of ether oxygens (including phenoxy) is 5. The van der Waals surface area contributed by atoms with Crippen molar-refractivity contribution in [3.63, 3.8) is 0 Å². The second-order valence-corrected chi connectivity index (χ2v) is 40.8. The van der Waals surface area contributed by atoms with Crippen LogP contribution in [0.1, 0.15) is 160 Å². The van der Waals surface area contributed by atoms with E-state index in [9.17, 15) is 72.2 Å². The molecule has 34 nitrogen and oxygen atoms in total. The molecule has 4 aliphatic heterocycles. The number of ketones is 4. The second kappa shape index (κ2) is 50.7. The van der Waals surface area contributed by atoms with E-state index in [4.69, 9.17) is 23.7 Å². The van der Waals surface area contributed by atoms with E-state index in [0.29, 0.717) is 93.9 Å². The maximum absolute atomic E-state index is 13.8. The molecule has 9 aromatic rings. The molecule has 4 saturated carbocycles. The van der Waals surface area contributed by atoms with E-state index >= 15 is 0 Å². The lowest BCUT2D eigenvalue weighted by Gasteiger charge is -2.30. The zero-order valence-electron chi connectivity index (χ0n) is 85.6. The predicted octanol–water partition coefficient (Wildman–Crippen LogP) is 8.11. The van der Waals surface area contributed by atoms with Crippen LogP contribution in [-0.2, 0) is 118 Å². The summed E-state index contributed by atoms with van der Waals surface area (Å²) in [6.07, 6.45) is 11.8. The summed E-state index contributed by atoms with van der Waals surface area (Å²) in [6, 6.07) is 61.1. The molecular weight excluding hydrogens is 1900 g/mol. The number of nitrogens with zero attached hydrogens (tertiary/aromatic N) is 3. The van der Waals surface area contributed by atoms with Crippen LogP contribution in [0.25, 0.3) is 0 Å². The molecule has 0 bridgehead atoms. The third kappa shape index (κ3) is 30.7. The SMILES string of the molecule is COc1ccc(C[C@H](NC(=O)[C@@H]2CC(=O)N2)C(=O)N[C@@H](Cc2ccccc2)C(=O)C2(C)CC2)cc1.COc1ccc(C[C@H](NC(=O)[C@@]2(CO)CCCN2)C(=O)N[C@@H](Cc2ccccc2)C(=O)C2(C)CC2)cc1.COc1ccc(C[C@H](NC(=O)[C@H]2CC(=O)N2)C(=O)N[C@@H](Cc2ccccc2)C(=O)C2(C)CC2)cc1.COc1ccc(C[C@H](NC(=O)c2ccnc(N3CCOCC3)n2)C(=O)N[C@@H](Cc2ccccc2)C(=O)C2(C)CC2)cc1. The summed E-state index contributed by atoms with van der Waals surface area (Å²) in [5.74, 6) is -0.641. The number of Topliss-reactive ketones (excluding diaryl/α,β-unsaturated/α-hetero) is 4. The van der Waals surface area contributed by atoms with Crippen LogP contribution in [0.2, 0.25) is 0 Å². The van der Waals surface area contributed by atoms with Crippen LogP contribution >= 0.6 is 0 Å². The van der Waals surface area contributed by atoms with Crippen molar-refractivity contribution < 1.29 is 95.9 Å². The summed E-state index contributed by atoms with van der Waals surface area (Å²) in [6.45, 7) is 10.4. The van der Waals surface area contributed by atoms with Gasteiger partial charge < -0.3 is 92.2 Å². The van der Waals surface area contributed by atoms with E-state index in [2.05, 4.69) is 68.5 Å². The Bertz CT molecular complexity index is 5970. The number of anilines is 1. The number of hydrogen-bond donors (Lipinski definition) is 12. The molecule has 5 heterocycles. The number of morpholine rings is 1. The molecule has 8 fully saturated rings. The van der Waals surface area contributed by atoms with Gasteiger partial charge in [0.15, 0.2) is 23.1 Å². The molecule has 786 valence electrons. The molecule has 4 aliphatic carbocycles. The van der Waals surface area contributed by atoms with Crippen LogP contribution in [-0.4, -0.2) is 231 Å².